The monoisotopic (exact) mass is 232 g/mol. The van der Waals surface area contributed by atoms with E-state index in [1.54, 1.807) is 0 Å². The van der Waals surface area contributed by atoms with Crippen LogP contribution in [-0.4, -0.2) is 37.6 Å². The summed E-state index contributed by atoms with van der Waals surface area (Å²) in [4.78, 5) is 0. The molecule has 0 aliphatic carbocycles. The molecule has 16 heavy (non-hydrogen) atoms. The maximum Gasteiger partial charge on any atom is 0.0831 e. The van der Waals surface area contributed by atoms with Crippen molar-refractivity contribution >= 4 is 0 Å². The van der Waals surface area contributed by atoms with Gasteiger partial charge in [-0.1, -0.05) is 46.0 Å². The number of aliphatic hydroxyl groups excluding tert-OH is 1. The quantitative estimate of drug-likeness (QED) is 0.716. The van der Waals surface area contributed by atoms with Gasteiger partial charge in [0.25, 0.3) is 0 Å². The molecule has 0 saturated carbocycles. The number of aliphatic hydroxyl groups is 1. The molecule has 1 aliphatic heterocycles. The van der Waals surface area contributed by atoms with Gasteiger partial charge in [0.05, 0.1) is 25.9 Å². The van der Waals surface area contributed by atoms with Crippen molar-refractivity contribution in [2.24, 2.45) is 0 Å². The lowest BCUT2D eigenvalue weighted by Gasteiger charge is -2.21. The smallest absolute Gasteiger partial charge is 0.0831 e. The molecule has 1 atom stereocenters. The number of unbranched alkanes of at least 4 members (excludes halogenated alkanes) is 4. The molecule has 1 aliphatic rings. The van der Waals surface area contributed by atoms with E-state index in [1.165, 1.54) is 32.1 Å². The summed E-state index contributed by atoms with van der Waals surface area (Å²) in [6.07, 6.45) is 7.83. The molecule has 0 aromatic carbocycles. The predicted molar refractivity (Wildman–Crippen MR) is 66.7 cm³/mol. The fourth-order valence-electron chi connectivity index (χ4n) is 1.52. The van der Waals surface area contributed by atoms with Crippen molar-refractivity contribution < 1.29 is 14.6 Å². The summed E-state index contributed by atoms with van der Waals surface area (Å²) in [7, 11) is 0. The third-order valence-corrected chi connectivity index (χ3v) is 2.54. The van der Waals surface area contributed by atoms with Gasteiger partial charge in [-0.3, -0.25) is 0 Å². The minimum atomic E-state index is 0.128. The molecular formula is C13H28O3. The molecule has 0 aromatic rings. The van der Waals surface area contributed by atoms with Gasteiger partial charge in [0.2, 0.25) is 0 Å². The van der Waals surface area contributed by atoms with Crippen LogP contribution in [0.4, 0.5) is 0 Å². The second-order valence-electron chi connectivity index (χ2n) is 4.14. The van der Waals surface area contributed by atoms with Gasteiger partial charge in [0.1, 0.15) is 0 Å². The van der Waals surface area contributed by atoms with Gasteiger partial charge >= 0.3 is 0 Å². The lowest BCUT2D eigenvalue weighted by atomic mass is 10.2. The first-order valence-corrected chi connectivity index (χ1v) is 6.65. The molecule has 1 fully saturated rings. The summed E-state index contributed by atoms with van der Waals surface area (Å²) in [5, 5.41) is 8.48. The first-order valence-electron chi connectivity index (χ1n) is 6.65. The van der Waals surface area contributed by atoms with Crippen molar-refractivity contribution in [1.82, 2.24) is 0 Å². The van der Waals surface area contributed by atoms with Crippen LogP contribution in [0.25, 0.3) is 0 Å². The topological polar surface area (TPSA) is 38.7 Å². The number of hydrogen-bond donors (Lipinski definition) is 1. The van der Waals surface area contributed by atoms with Crippen LogP contribution in [0.3, 0.4) is 0 Å². The zero-order valence-corrected chi connectivity index (χ0v) is 10.9. The van der Waals surface area contributed by atoms with E-state index in [1.807, 2.05) is 0 Å². The van der Waals surface area contributed by atoms with Crippen molar-refractivity contribution in [3.63, 3.8) is 0 Å². The van der Waals surface area contributed by atoms with E-state index >= 15 is 0 Å². The second-order valence-corrected chi connectivity index (χ2v) is 4.14. The highest BCUT2D eigenvalue weighted by Crippen LogP contribution is 2.03. The van der Waals surface area contributed by atoms with Gasteiger partial charge in [-0.25, -0.2) is 0 Å². The van der Waals surface area contributed by atoms with E-state index in [0.29, 0.717) is 26.2 Å². The molecule has 0 amide bonds. The summed E-state index contributed by atoms with van der Waals surface area (Å²) >= 11 is 0. The van der Waals surface area contributed by atoms with E-state index in [4.69, 9.17) is 14.6 Å². The van der Waals surface area contributed by atoms with Crippen molar-refractivity contribution in [3.8, 4) is 0 Å². The molecule has 0 spiro atoms. The largest absolute Gasteiger partial charge is 0.396 e. The highest BCUT2D eigenvalue weighted by molar-refractivity contribution is 4.58. The molecule has 1 saturated heterocycles. The Balaban J connectivity index is 0.000000293. The SMILES string of the molecule is CCCCCCC.OCCC1COCCO1. The fourth-order valence-corrected chi connectivity index (χ4v) is 1.52. The zero-order chi connectivity index (χ0) is 12.1. The molecule has 3 heteroatoms. The predicted octanol–water partition coefficient (Wildman–Crippen LogP) is 2.76. The van der Waals surface area contributed by atoms with Crippen LogP contribution in [-0.2, 0) is 9.47 Å². The molecule has 0 bridgehead atoms. The second kappa shape index (κ2) is 12.9. The van der Waals surface area contributed by atoms with E-state index in [2.05, 4.69) is 13.8 Å². The van der Waals surface area contributed by atoms with Gasteiger partial charge in [0.15, 0.2) is 0 Å². The van der Waals surface area contributed by atoms with Crippen LogP contribution in [0.15, 0.2) is 0 Å². The van der Waals surface area contributed by atoms with Gasteiger partial charge in [0, 0.05) is 6.61 Å². The third-order valence-electron chi connectivity index (χ3n) is 2.54. The standard InChI is InChI=1S/C7H16.C6H12O3/c1-3-5-7-6-4-2;7-2-1-6-5-8-3-4-9-6/h3-7H2,1-2H3;6-7H,1-5H2. The van der Waals surface area contributed by atoms with Crippen molar-refractivity contribution in [2.75, 3.05) is 26.4 Å². The minimum absolute atomic E-state index is 0.128. The summed E-state index contributed by atoms with van der Waals surface area (Å²) in [6.45, 7) is 6.69. The molecule has 1 heterocycles. The Labute approximate surface area is 100 Å². The minimum Gasteiger partial charge on any atom is -0.396 e. The lowest BCUT2D eigenvalue weighted by Crippen LogP contribution is -2.29. The Bertz CT molecular complexity index is 116. The van der Waals surface area contributed by atoms with E-state index in [9.17, 15) is 0 Å². The molecule has 1 rings (SSSR count). The molecule has 0 aromatic heterocycles. The van der Waals surface area contributed by atoms with E-state index in [0.717, 1.165) is 0 Å². The van der Waals surface area contributed by atoms with Crippen LogP contribution in [0, 0.1) is 0 Å². The Morgan fingerprint density at radius 2 is 1.75 bits per heavy atom. The first-order chi connectivity index (χ1) is 7.85. The van der Waals surface area contributed by atoms with E-state index < -0.39 is 0 Å². The van der Waals surface area contributed by atoms with Crippen molar-refractivity contribution in [1.29, 1.82) is 0 Å². The average molecular weight is 232 g/mol. The summed E-state index contributed by atoms with van der Waals surface area (Å²) < 4.78 is 10.3. The highest BCUT2D eigenvalue weighted by Gasteiger charge is 2.12. The Kier molecular flexibility index (Phi) is 12.9. The number of hydrogen-bond acceptors (Lipinski definition) is 3. The van der Waals surface area contributed by atoms with Crippen LogP contribution in [0.1, 0.15) is 52.4 Å². The third kappa shape index (κ3) is 10.4. The molecular weight excluding hydrogens is 204 g/mol. The maximum atomic E-state index is 8.48. The molecule has 0 radical (unpaired) electrons. The van der Waals surface area contributed by atoms with E-state index in [-0.39, 0.29) is 12.7 Å². The van der Waals surface area contributed by atoms with Gasteiger partial charge < -0.3 is 14.6 Å². The van der Waals surface area contributed by atoms with Crippen molar-refractivity contribution in [3.05, 3.63) is 0 Å². The van der Waals surface area contributed by atoms with Gasteiger partial charge in [-0.15, -0.1) is 0 Å². The number of ether oxygens (including phenoxy) is 2. The summed E-state index contributed by atoms with van der Waals surface area (Å²) in [5.41, 5.74) is 0. The van der Waals surface area contributed by atoms with Crippen molar-refractivity contribution in [2.45, 2.75) is 58.5 Å². The Hall–Kier alpha value is -0.120. The fraction of sp³-hybridized carbons (Fsp3) is 1.00. The Morgan fingerprint density at radius 1 is 1.06 bits per heavy atom. The van der Waals surface area contributed by atoms with Crippen LogP contribution >= 0.6 is 0 Å². The van der Waals surface area contributed by atoms with Crippen LogP contribution in [0.2, 0.25) is 0 Å². The average Bonchev–Trinajstić information content (AvgIpc) is 2.32. The first kappa shape index (κ1) is 15.9. The lowest BCUT2D eigenvalue weighted by molar-refractivity contribution is -0.0943. The molecule has 1 N–H and O–H groups in total. The zero-order valence-electron chi connectivity index (χ0n) is 10.9. The maximum absolute atomic E-state index is 8.48. The Morgan fingerprint density at radius 3 is 2.19 bits per heavy atom. The molecule has 3 nitrogen and oxygen atoms in total. The number of rotatable bonds is 6. The molecule has 98 valence electrons. The van der Waals surface area contributed by atoms with Crippen LogP contribution < -0.4 is 0 Å². The molecule has 1 unspecified atom stereocenters. The normalized spacial score (nSPS) is 20.1. The summed E-state index contributed by atoms with van der Waals surface area (Å²) in [6, 6.07) is 0. The van der Waals surface area contributed by atoms with Gasteiger partial charge in [-0.2, -0.15) is 0 Å². The van der Waals surface area contributed by atoms with Gasteiger partial charge in [-0.05, 0) is 6.42 Å². The summed E-state index contributed by atoms with van der Waals surface area (Å²) in [5.74, 6) is 0. The highest BCUT2D eigenvalue weighted by atomic mass is 16.6. The van der Waals surface area contributed by atoms with Crippen LogP contribution in [0.5, 0.6) is 0 Å².